The van der Waals surface area contributed by atoms with Gasteiger partial charge in [-0.15, -0.1) is 0 Å². The van der Waals surface area contributed by atoms with Crippen molar-refractivity contribution in [3.63, 3.8) is 0 Å². The van der Waals surface area contributed by atoms with Crippen molar-refractivity contribution in [3.05, 3.63) is 36.3 Å². The molecule has 1 amide bonds. The summed E-state index contributed by atoms with van der Waals surface area (Å²) in [5.74, 6) is 0.100. The Hall–Kier alpha value is -2.68. The number of hydrogen-bond donors (Lipinski definition) is 1. The van der Waals surface area contributed by atoms with Crippen LogP contribution in [0, 0.1) is 11.3 Å². The molecule has 0 aliphatic heterocycles. The van der Waals surface area contributed by atoms with Gasteiger partial charge in [-0.2, -0.15) is 5.26 Å². The summed E-state index contributed by atoms with van der Waals surface area (Å²) in [5.41, 5.74) is 0.167. The molecule has 106 valence electrons. The molecular formula is C15H14N4O2. The van der Waals surface area contributed by atoms with Gasteiger partial charge >= 0.3 is 0 Å². The van der Waals surface area contributed by atoms with Crippen molar-refractivity contribution in [1.29, 1.82) is 5.26 Å². The normalized spacial score (nSPS) is 16.3. The minimum absolute atomic E-state index is 0.176. The van der Waals surface area contributed by atoms with Crippen molar-refractivity contribution in [2.45, 2.75) is 31.2 Å². The van der Waals surface area contributed by atoms with Crippen molar-refractivity contribution >= 4 is 5.91 Å². The lowest BCUT2D eigenvalue weighted by Crippen LogP contribution is -2.45. The van der Waals surface area contributed by atoms with E-state index in [4.69, 9.17) is 4.52 Å². The number of amides is 1. The SMILES string of the molecule is N#CC1(NC(=O)c2cc(-c3cccnc3)on2)CCCC1. The van der Waals surface area contributed by atoms with E-state index < -0.39 is 5.54 Å². The number of rotatable bonds is 3. The number of hydrogen-bond acceptors (Lipinski definition) is 5. The molecule has 1 fully saturated rings. The van der Waals surface area contributed by atoms with E-state index in [1.807, 2.05) is 6.07 Å². The highest BCUT2D eigenvalue weighted by atomic mass is 16.5. The summed E-state index contributed by atoms with van der Waals surface area (Å²) in [7, 11) is 0. The maximum Gasteiger partial charge on any atom is 0.274 e. The summed E-state index contributed by atoms with van der Waals surface area (Å²) in [6.07, 6.45) is 6.56. The fraction of sp³-hybridized carbons (Fsp3) is 0.333. The molecule has 0 unspecified atom stereocenters. The maximum atomic E-state index is 12.2. The second kappa shape index (κ2) is 5.37. The second-order valence-corrected chi connectivity index (χ2v) is 5.17. The summed E-state index contributed by atoms with van der Waals surface area (Å²) >= 11 is 0. The topological polar surface area (TPSA) is 91.8 Å². The molecule has 0 spiro atoms. The summed E-state index contributed by atoms with van der Waals surface area (Å²) in [6.45, 7) is 0. The lowest BCUT2D eigenvalue weighted by atomic mass is 10.00. The Bertz CT molecular complexity index is 681. The molecule has 2 aromatic rings. The molecule has 1 saturated carbocycles. The average molecular weight is 282 g/mol. The first-order valence-electron chi connectivity index (χ1n) is 6.83. The maximum absolute atomic E-state index is 12.2. The minimum atomic E-state index is -0.759. The van der Waals surface area contributed by atoms with Gasteiger partial charge in [-0.3, -0.25) is 9.78 Å². The third-order valence-corrected chi connectivity index (χ3v) is 3.71. The predicted molar refractivity (Wildman–Crippen MR) is 74.0 cm³/mol. The summed E-state index contributed by atoms with van der Waals surface area (Å²) < 4.78 is 5.17. The van der Waals surface area contributed by atoms with Crippen LogP contribution in [0.1, 0.15) is 36.2 Å². The lowest BCUT2D eigenvalue weighted by molar-refractivity contribution is 0.0911. The fourth-order valence-electron chi connectivity index (χ4n) is 2.55. The van der Waals surface area contributed by atoms with Crippen LogP contribution in [-0.4, -0.2) is 21.6 Å². The zero-order valence-corrected chi connectivity index (χ0v) is 11.4. The molecule has 21 heavy (non-hydrogen) atoms. The molecule has 1 aliphatic rings. The Morgan fingerprint density at radius 1 is 1.43 bits per heavy atom. The number of aromatic nitrogens is 2. The van der Waals surface area contributed by atoms with Crippen LogP contribution in [0.25, 0.3) is 11.3 Å². The Kier molecular flexibility index (Phi) is 3.40. The Labute approximate surface area is 121 Å². The van der Waals surface area contributed by atoms with Crippen molar-refractivity contribution < 1.29 is 9.32 Å². The van der Waals surface area contributed by atoms with E-state index in [9.17, 15) is 10.1 Å². The van der Waals surface area contributed by atoms with Gasteiger partial charge in [-0.1, -0.05) is 5.16 Å². The van der Waals surface area contributed by atoms with Gasteiger partial charge in [0.1, 0.15) is 5.54 Å². The Balaban J connectivity index is 1.77. The first kappa shape index (κ1) is 13.3. The Morgan fingerprint density at radius 3 is 2.90 bits per heavy atom. The van der Waals surface area contributed by atoms with E-state index in [-0.39, 0.29) is 11.6 Å². The van der Waals surface area contributed by atoms with Gasteiger partial charge in [0, 0.05) is 24.0 Å². The number of nitriles is 1. The highest BCUT2D eigenvalue weighted by Crippen LogP contribution is 2.29. The standard InChI is InChI=1S/C15H14N4O2/c16-10-15(5-1-2-6-15)18-14(20)12-8-13(21-19-12)11-4-3-7-17-9-11/h3-4,7-9H,1-2,5-6H2,(H,18,20). The second-order valence-electron chi connectivity index (χ2n) is 5.17. The molecule has 1 aliphatic carbocycles. The average Bonchev–Trinajstić information content (AvgIpc) is 3.18. The first-order valence-corrected chi connectivity index (χ1v) is 6.83. The van der Waals surface area contributed by atoms with Crippen molar-refractivity contribution in [2.24, 2.45) is 0 Å². The summed E-state index contributed by atoms with van der Waals surface area (Å²) in [5, 5.41) is 15.8. The minimum Gasteiger partial charge on any atom is -0.355 e. The van der Waals surface area contributed by atoms with Gasteiger partial charge in [0.15, 0.2) is 11.5 Å². The largest absolute Gasteiger partial charge is 0.355 e. The molecule has 1 N–H and O–H groups in total. The number of carbonyl (C=O) groups excluding carboxylic acids is 1. The molecular weight excluding hydrogens is 268 g/mol. The molecule has 0 saturated heterocycles. The van der Waals surface area contributed by atoms with Gasteiger partial charge in [0.2, 0.25) is 0 Å². The van der Waals surface area contributed by atoms with E-state index in [0.717, 1.165) is 18.4 Å². The van der Waals surface area contributed by atoms with Crippen molar-refractivity contribution in [3.8, 4) is 17.4 Å². The summed E-state index contributed by atoms with van der Waals surface area (Å²) in [6, 6.07) is 7.38. The molecule has 6 nitrogen and oxygen atoms in total. The van der Waals surface area contributed by atoms with E-state index >= 15 is 0 Å². The van der Waals surface area contributed by atoms with Gasteiger partial charge in [0.25, 0.3) is 5.91 Å². The number of carbonyl (C=O) groups is 1. The van der Waals surface area contributed by atoms with Crippen LogP contribution >= 0.6 is 0 Å². The van der Waals surface area contributed by atoms with Crippen LogP contribution in [0.3, 0.4) is 0 Å². The van der Waals surface area contributed by atoms with E-state index in [0.29, 0.717) is 18.6 Å². The molecule has 0 atom stereocenters. The fourth-order valence-corrected chi connectivity index (χ4v) is 2.55. The van der Waals surface area contributed by atoms with Crippen molar-refractivity contribution in [2.75, 3.05) is 0 Å². The molecule has 0 bridgehead atoms. The molecule has 2 aromatic heterocycles. The highest BCUT2D eigenvalue weighted by Gasteiger charge is 2.36. The molecule has 3 rings (SSSR count). The predicted octanol–water partition coefficient (Wildman–Crippen LogP) is 2.30. The third kappa shape index (κ3) is 2.63. The first-order chi connectivity index (χ1) is 10.2. The highest BCUT2D eigenvalue weighted by molar-refractivity contribution is 5.93. The van der Waals surface area contributed by atoms with Gasteiger partial charge in [-0.05, 0) is 37.8 Å². The third-order valence-electron chi connectivity index (χ3n) is 3.71. The van der Waals surface area contributed by atoms with E-state index in [1.54, 1.807) is 24.5 Å². The number of nitrogens with one attached hydrogen (secondary N) is 1. The van der Waals surface area contributed by atoms with E-state index in [1.165, 1.54) is 0 Å². The van der Waals surface area contributed by atoms with Gasteiger partial charge < -0.3 is 9.84 Å². The monoisotopic (exact) mass is 282 g/mol. The van der Waals surface area contributed by atoms with Crippen LogP contribution in [0.5, 0.6) is 0 Å². The molecule has 0 aromatic carbocycles. The summed E-state index contributed by atoms with van der Waals surface area (Å²) in [4.78, 5) is 16.2. The number of pyridine rings is 1. The molecule has 0 radical (unpaired) electrons. The zero-order valence-electron chi connectivity index (χ0n) is 11.4. The molecule has 2 heterocycles. The zero-order chi connectivity index (χ0) is 14.7. The van der Waals surface area contributed by atoms with Crippen LogP contribution in [0.4, 0.5) is 0 Å². The van der Waals surface area contributed by atoms with Crippen molar-refractivity contribution in [1.82, 2.24) is 15.5 Å². The van der Waals surface area contributed by atoms with E-state index in [2.05, 4.69) is 21.5 Å². The van der Waals surface area contributed by atoms with Crippen LogP contribution in [0.15, 0.2) is 35.1 Å². The Morgan fingerprint density at radius 2 is 2.24 bits per heavy atom. The van der Waals surface area contributed by atoms with Crippen LogP contribution < -0.4 is 5.32 Å². The molecule has 6 heteroatoms. The van der Waals surface area contributed by atoms with Gasteiger partial charge in [0.05, 0.1) is 6.07 Å². The van der Waals surface area contributed by atoms with Gasteiger partial charge in [-0.25, -0.2) is 0 Å². The van der Waals surface area contributed by atoms with Crippen LogP contribution in [0.2, 0.25) is 0 Å². The quantitative estimate of drug-likeness (QED) is 0.932. The lowest BCUT2D eigenvalue weighted by Gasteiger charge is -2.20. The van der Waals surface area contributed by atoms with Crippen LogP contribution in [-0.2, 0) is 0 Å². The number of nitrogens with zero attached hydrogens (tertiary/aromatic N) is 3. The smallest absolute Gasteiger partial charge is 0.274 e.